The van der Waals surface area contributed by atoms with Gasteiger partial charge >= 0.3 is 5.97 Å². The maximum absolute atomic E-state index is 12.3. The molecule has 1 aliphatic heterocycles. The van der Waals surface area contributed by atoms with Crippen molar-refractivity contribution in [2.24, 2.45) is 0 Å². The lowest BCUT2D eigenvalue weighted by Crippen LogP contribution is -2.40. The van der Waals surface area contributed by atoms with Gasteiger partial charge in [-0.25, -0.2) is 4.79 Å². The summed E-state index contributed by atoms with van der Waals surface area (Å²) in [6, 6.07) is 0. The van der Waals surface area contributed by atoms with E-state index in [1.807, 2.05) is 0 Å². The number of allylic oxidation sites excluding steroid dienone is 1. The van der Waals surface area contributed by atoms with Crippen molar-refractivity contribution in [3.8, 4) is 0 Å². The third-order valence-electron chi connectivity index (χ3n) is 2.01. The first kappa shape index (κ1) is 19.5. The molecule has 0 amide bonds. The number of hydrogen-bond donors (Lipinski definition) is 1. The van der Waals surface area contributed by atoms with Crippen LogP contribution in [0.1, 0.15) is 20.8 Å². The van der Waals surface area contributed by atoms with E-state index in [1.165, 1.54) is 0 Å². The van der Waals surface area contributed by atoms with Crippen molar-refractivity contribution in [1.29, 1.82) is 0 Å². The minimum absolute atomic E-state index is 0.0121. The standard InChI is InChI=1S/C10H11Br3Cl3NO3/c1-7(2,3)19-6(18)5(4-8(14,15)16)9(17-20-9)10(11,12)13/h4,17H,1-3H3. The van der Waals surface area contributed by atoms with Crippen molar-refractivity contribution < 1.29 is 14.4 Å². The number of alkyl halides is 6. The third kappa shape index (κ3) is 5.26. The Balaban J connectivity index is 3.19. The van der Waals surface area contributed by atoms with Gasteiger partial charge in [-0.05, 0) is 26.8 Å². The SMILES string of the molecule is CC(C)(C)OC(=O)C(=CC(Cl)(Cl)Cl)C1(C(Br)(Br)Br)NO1. The number of hydroxylamine groups is 1. The molecule has 10 heteroatoms. The number of rotatable bonds is 2. The highest BCUT2D eigenvalue weighted by Gasteiger charge is 2.65. The highest BCUT2D eigenvalue weighted by molar-refractivity contribution is 9.39. The number of carbonyl (C=O) groups is 1. The molecule has 0 aromatic carbocycles. The molecule has 1 heterocycles. The molecular weight excluding hydrogens is 528 g/mol. The van der Waals surface area contributed by atoms with Crippen molar-refractivity contribution >= 4 is 88.6 Å². The Hall–Kier alpha value is 1.44. The third-order valence-corrected chi connectivity index (χ3v) is 4.01. The van der Waals surface area contributed by atoms with Gasteiger partial charge in [-0.15, -0.1) is 0 Å². The van der Waals surface area contributed by atoms with Gasteiger partial charge < -0.3 is 4.74 Å². The summed E-state index contributed by atoms with van der Waals surface area (Å²) in [5.74, 6) is -0.670. The van der Waals surface area contributed by atoms with Crippen molar-refractivity contribution in [3.05, 3.63) is 11.6 Å². The molecule has 0 aromatic rings. The molecule has 1 atom stereocenters. The molecule has 116 valence electrons. The Bertz CT molecular complexity index is 434. The summed E-state index contributed by atoms with van der Waals surface area (Å²) in [5.41, 5.74) is 0.638. The summed E-state index contributed by atoms with van der Waals surface area (Å²) in [5, 5.41) is 0. The van der Waals surface area contributed by atoms with Crippen LogP contribution in [0.4, 0.5) is 0 Å². The average molecular weight is 539 g/mol. The fraction of sp³-hybridized carbons (Fsp3) is 0.700. The number of carbonyl (C=O) groups excluding carboxylic acids is 1. The second kappa shape index (κ2) is 6.15. The average Bonchev–Trinajstić information content (AvgIpc) is 2.88. The van der Waals surface area contributed by atoms with Crippen LogP contribution in [0.5, 0.6) is 0 Å². The first-order chi connectivity index (χ1) is 8.68. The lowest BCUT2D eigenvalue weighted by atomic mass is 10.1. The summed E-state index contributed by atoms with van der Waals surface area (Å²) >= 11 is 27.1. The quantitative estimate of drug-likeness (QED) is 0.240. The predicted molar refractivity (Wildman–Crippen MR) is 90.7 cm³/mol. The molecule has 0 aliphatic carbocycles. The van der Waals surface area contributed by atoms with Crippen LogP contribution in [-0.4, -0.2) is 23.2 Å². The van der Waals surface area contributed by atoms with E-state index in [9.17, 15) is 4.79 Å². The van der Waals surface area contributed by atoms with Crippen LogP contribution in [-0.2, 0) is 14.4 Å². The van der Waals surface area contributed by atoms with E-state index in [4.69, 9.17) is 44.4 Å². The minimum atomic E-state index is -1.79. The highest BCUT2D eigenvalue weighted by atomic mass is 80.0. The molecule has 1 unspecified atom stereocenters. The first-order valence-electron chi connectivity index (χ1n) is 5.23. The summed E-state index contributed by atoms with van der Waals surface area (Å²) < 4.78 is 2.53. The Kier molecular flexibility index (Phi) is 5.99. The van der Waals surface area contributed by atoms with Gasteiger partial charge in [-0.2, -0.15) is 5.48 Å². The fourth-order valence-corrected chi connectivity index (χ4v) is 2.68. The number of hydrogen-bond acceptors (Lipinski definition) is 4. The van der Waals surface area contributed by atoms with Crippen LogP contribution in [0, 0.1) is 0 Å². The molecule has 1 saturated heterocycles. The summed E-state index contributed by atoms with van der Waals surface area (Å²) in [4.78, 5) is 17.5. The van der Waals surface area contributed by atoms with E-state index >= 15 is 0 Å². The van der Waals surface area contributed by atoms with Gasteiger partial charge in [0, 0.05) is 0 Å². The fourth-order valence-electron chi connectivity index (χ4n) is 1.23. The van der Waals surface area contributed by atoms with Crippen LogP contribution in [0.15, 0.2) is 11.6 Å². The van der Waals surface area contributed by atoms with Crippen LogP contribution >= 0.6 is 82.6 Å². The highest BCUT2D eigenvalue weighted by Crippen LogP contribution is 2.54. The molecule has 1 N–H and O–H groups in total. The van der Waals surface area contributed by atoms with E-state index in [0.29, 0.717) is 0 Å². The van der Waals surface area contributed by atoms with Crippen LogP contribution in [0.2, 0.25) is 0 Å². The number of esters is 1. The second-order valence-corrected chi connectivity index (χ2v) is 14.1. The van der Waals surface area contributed by atoms with Gasteiger partial charge in [-0.3, -0.25) is 4.84 Å². The van der Waals surface area contributed by atoms with Gasteiger partial charge in [0.1, 0.15) is 5.60 Å². The summed E-state index contributed by atoms with van der Waals surface area (Å²) in [7, 11) is 0. The molecule has 0 saturated carbocycles. The second-order valence-electron chi connectivity index (χ2n) is 4.98. The monoisotopic (exact) mass is 535 g/mol. The molecule has 1 fully saturated rings. The molecule has 1 aliphatic rings. The van der Waals surface area contributed by atoms with Gasteiger partial charge in [0.2, 0.25) is 9.52 Å². The largest absolute Gasteiger partial charge is 0.456 e. The van der Waals surface area contributed by atoms with Crippen molar-refractivity contribution in [2.45, 2.75) is 38.0 Å². The molecule has 0 aromatic heterocycles. The van der Waals surface area contributed by atoms with E-state index in [2.05, 4.69) is 53.3 Å². The van der Waals surface area contributed by atoms with Crippen molar-refractivity contribution in [2.75, 3.05) is 0 Å². The summed E-state index contributed by atoms with van der Waals surface area (Å²) in [6.07, 6.45) is 1.14. The number of nitrogens with one attached hydrogen (secondary N) is 1. The topological polar surface area (TPSA) is 60.8 Å². The van der Waals surface area contributed by atoms with Gasteiger partial charge in [0.25, 0.3) is 0 Å². The van der Waals surface area contributed by atoms with E-state index in [-0.39, 0.29) is 5.57 Å². The van der Waals surface area contributed by atoms with E-state index < -0.39 is 23.2 Å². The molecule has 0 spiro atoms. The smallest absolute Gasteiger partial charge is 0.339 e. The Labute approximate surface area is 157 Å². The zero-order valence-corrected chi connectivity index (χ0v) is 17.6. The molecule has 4 nitrogen and oxygen atoms in total. The minimum Gasteiger partial charge on any atom is -0.456 e. The Morgan fingerprint density at radius 1 is 1.25 bits per heavy atom. The zero-order valence-electron chi connectivity index (χ0n) is 10.6. The lowest BCUT2D eigenvalue weighted by Gasteiger charge is -2.26. The maximum atomic E-state index is 12.3. The van der Waals surface area contributed by atoms with Gasteiger partial charge in [0.05, 0.1) is 5.57 Å². The molecule has 0 radical (unpaired) electrons. The van der Waals surface area contributed by atoms with E-state index in [1.54, 1.807) is 20.8 Å². The lowest BCUT2D eigenvalue weighted by molar-refractivity contribution is -0.150. The van der Waals surface area contributed by atoms with Crippen molar-refractivity contribution in [1.82, 2.24) is 5.48 Å². The zero-order chi connectivity index (χ0) is 16.0. The molecule has 1 rings (SSSR count). The van der Waals surface area contributed by atoms with E-state index in [0.717, 1.165) is 6.08 Å². The first-order valence-corrected chi connectivity index (χ1v) is 8.74. The molecule has 0 bridgehead atoms. The molecular formula is C10H11Br3Cl3NO3. The maximum Gasteiger partial charge on any atom is 0.339 e. The predicted octanol–water partition coefficient (Wildman–Crippen LogP) is 4.69. The van der Waals surface area contributed by atoms with Crippen LogP contribution in [0.25, 0.3) is 0 Å². The van der Waals surface area contributed by atoms with Gasteiger partial charge in [0.15, 0.2) is 2.14 Å². The van der Waals surface area contributed by atoms with Crippen LogP contribution in [0.3, 0.4) is 0 Å². The van der Waals surface area contributed by atoms with Crippen molar-refractivity contribution in [3.63, 3.8) is 0 Å². The van der Waals surface area contributed by atoms with Gasteiger partial charge in [-0.1, -0.05) is 82.6 Å². The molecule has 20 heavy (non-hydrogen) atoms. The number of halogens is 6. The Morgan fingerprint density at radius 2 is 1.70 bits per heavy atom. The summed E-state index contributed by atoms with van der Waals surface area (Å²) in [6.45, 7) is 5.19. The normalized spacial score (nSPS) is 24.6. The Morgan fingerprint density at radius 3 is 1.95 bits per heavy atom. The number of ether oxygens (including phenoxy) is 1. The van der Waals surface area contributed by atoms with Crippen LogP contribution < -0.4 is 5.48 Å².